The summed E-state index contributed by atoms with van der Waals surface area (Å²) in [6, 6.07) is 3.32. The third-order valence-electron chi connectivity index (χ3n) is 6.58. The highest BCUT2D eigenvalue weighted by atomic mass is 127. The average Bonchev–Trinajstić information content (AvgIpc) is 3.45. The van der Waals surface area contributed by atoms with Crippen LogP contribution in [0.1, 0.15) is 32.1 Å². The smallest absolute Gasteiger partial charge is 0.191 e. The number of rotatable bonds is 5. The SMILES string of the molecule is CN=C(NCC1(N2CCCC2)CCOCC1)NC1CCN(c2ncccc2F)C1.I. The van der Waals surface area contributed by atoms with Gasteiger partial charge in [0.1, 0.15) is 0 Å². The Morgan fingerprint density at radius 2 is 2.07 bits per heavy atom. The van der Waals surface area contributed by atoms with E-state index in [0.29, 0.717) is 5.82 Å². The minimum atomic E-state index is -0.261. The Bertz CT molecular complexity index is 708. The molecule has 0 aromatic carbocycles. The fourth-order valence-corrected chi connectivity index (χ4v) is 4.86. The van der Waals surface area contributed by atoms with E-state index in [9.17, 15) is 4.39 Å². The van der Waals surface area contributed by atoms with Gasteiger partial charge in [-0.2, -0.15) is 0 Å². The van der Waals surface area contributed by atoms with Gasteiger partial charge < -0.3 is 20.3 Å². The molecule has 7 nitrogen and oxygen atoms in total. The van der Waals surface area contributed by atoms with Crippen LogP contribution in [0.15, 0.2) is 23.3 Å². The lowest BCUT2D eigenvalue weighted by Gasteiger charge is -2.45. The summed E-state index contributed by atoms with van der Waals surface area (Å²) < 4.78 is 19.7. The Morgan fingerprint density at radius 3 is 2.77 bits per heavy atom. The first-order valence-electron chi connectivity index (χ1n) is 10.9. The second-order valence-electron chi connectivity index (χ2n) is 8.34. The van der Waals surface area contributed by atoms with E-state index in [1.165, 1.54) is 32.0 Å². The first-order valence-corrected chi connectivity index (χ1v) is 10.9. The molecule has 1 aromatic rings. The van der Waals surface area contributed by atoms with Gasteiger partial charge in [-0.3, -0.25) is 9.89 Å². The van der Waals surface area contributed by atoms with Crippen LogP contribution in [0.2, 0.25) is 0 Å². The van der Waals surface area contributed by atoms with Gasteiger partial charge in [0.05, 0.1) is 0 Å². The number of hydrogen-bond donors (Lipinski definition) is 2. The molecule has 0 bridgehead atoms. The molecule has 0 saturated carbocycles. The molecule has 9 heteroatoms. The van der Waals surface area contributed by atoms with Crippen LogP contribution >= 0.6 is 24.0 Å². The maximum atomic E-state index is 14.0. The number of nitrogens with zero attached hydrogens (tertiary/aromatic N) is 4. The summed E-state index contributed by atoms with van der Waals surface area (Å²) in [7, 11) is 1.81. The van der Waals surface area contributed by atoms with E-state index in [1.807, 2.05) is 11.9 Å². The van der Waals surface area contributed by atoms with E-state index in [2.05, 4.69) is 25.5 Å². The standard InChI is InChI=1S/C21H33FN6O.HI/c1-23-20(25-16-21(7-13-29-14-8-21)28-10-2-3-11-28)26-17-6-12-27(15-17)19-18(22)5-4-9-24-19;/h4-5,9,17H,2-3,6-8,10-16H2,1H3,(H2,23,25,26);1H. The molecule has 168 valence electrons. The van der Waals surface area contributed by atoms with Crippen molar-refractivity contribution in [3.63, 3.8) is 0 Å². The summed E-state index contributed by atoms with van der Waals surface area (Å²) in [6.07, 6.45) is 7.28. The van der Waals surface area contributed by atoms with Crippen LogP contribution in [-0.4, -0.2) is 80.4 Å². The maximum Gasteiger partial charge on any atom is 0.191 e. The zero-order chi connectivity index (χ0) is 20.1. The van der Waals surface area contributed by atoms with Gasteiger partial charge in [0.2, 0.25) is 0 Å². The summed E-state index contributed by atoms with van der Waals surface area (Å²) in [6.45, 7) is 6.41. The molecule has 0 amide bonds. The summed E-state index contributed by atoms with van der Waals surface area (Å²) in [5, 5.41) is 7.11. The van der Waals surface area contributed by atoms with Gasteiger partial charge in [-0.15, -0.1) is 24.0 Å². The number of aromatic nitrogens is 1. The minimum Gasteiger partial charge on any atom is -0.381 e. The van der Waals surface area contributed by atoms with E-state index in [0.717, 1.165) is 58.1 Å². The number of likely N-dealkylation sites (tertiary alicyclic amines) is 1. The van der Waals surface area contributed by atoms with Gasteiger partial charge in [-0.25, -0.2) is 9.37 Å². The van der Waals surface area contributed by atoms with Crippen molar-refractivity contribution < 1.29 is 9.13 Å². The molecule has 4 heterocycles. The van der Waals surface area contributed by atoms with Crippen molar-refractivity contribution in [3.05, 3.63) is 24.1 Å². The fourth-order valence-electron chi connectivity index (χ4n) is 4.86. The predicted octanol–water partition coefficient (Wildman–Crippen LogP) is 2.23. The van der Waals surface area contributed by atoms with Gasteiger partial charge in [0, 0.05) is 57.7 Å². The molecule has 30 heavy (non-hydrogen) atoms. The monoisotopic (exact) mass is 532 g/mol. The van der Waals surface area contributed by atoms with Gasteiger partial charge >= 0.3 is 0 Å². The Hall–Kier alpha value is -1.20. The molecule has 3 aliphatic heterocycles. The van der Waals surface area contributed by atoms with Gasteiger partial charge in [0.25, 0.3) is 0 Å². The summed E-state index contributed by atoms with van der Waals surface area (Å²) in [4.78, 5) is 13.3. The topological polar surface area (TPSA) is 65.0 Å². The molecule has 1 atom stereocenters. The Balaban J connectivity index is 0.00000256. The maximum absolute atomic E-state index is 14.0. The van der Waals surface area contributed by atoms with Crippen molar-refractivity contribution in [1.29, 1.82) is 0 Å². The number of ether oxygens (including phenoxy) is 1. The number of pyridine rings is 1. The first-order chi connectivity index (χ1) is 14.2. The summed E-state index contributed by atoms with van der Waals surface area (Å²) in [5.41, 5.74) is 0.158. The van der Waals surface area contributed by atoms with Gasteiger partial charge in [0.15, 0.2) is 17.6 Å². The zero-order valence-corrected chi connectivity index (χ0v) is 20.1. The van der Waals surface area contributed by atoms with Crippen molar-refractivity contribution in [2.24, 2.45) is 4.99 Å². The van der Waals surface area contributed by atoms with Gasteiger partial charge in [-0.05, 0) is 57.3 Å². The third kappa shape index (κ3) is 5.34. The number of hydrogen-bond acceptors (Lipinski definition) is 5. The molecule has 1 unspecified atom stereocenters. The number of guanidine groups is 1. The van der Waals surface area contributed by atoms with Crippen molar-refractivity contribution >= 4 is 35.8 Å². The van der Waals surface area contributed by atoms with Crippen LogP contribution < -0.4 is 15.5 Å². The average molecular weight is 532 g/mol. The Kier molecular flexibility index (Phi) is 8.52. The lowest BCUT2D eigenvalue weighted by atomic mass is 9.88. The molecule has 0 radical (unpaired) electrons. The van der Waals surface area contributed by atoms with Crippen LogP contribution in [0.3, 0.4) is 0 Å². The fraction of sp³-hybridized carbons (Fsp3) is 0.714. The normalized spacial score (nSPS) is 24.5. The van der Waals surface area contributed by atoms with E-state index in [-0.39, 0.29) is 41.4 Å². The molecule has 3 aliphatic rings. The second-order valence-corrected chi connectivity index (χ2v) is 8.34. The van der Waals surface area contributed by atoms with Crippen LogP contribution in [-0.2, 0) is 4.74 Å². The zero-order valence-electron chi connectivity index (χ0n) is 17.8. The largest absolute Gasteiger partial charge is 0.381 e. The highest BCUT2D eigenvalue weighted by Gasteiger charge is 2.39. The van der Waals surface area contributed by atoms with Gasteiger partial charge in [-0.1, -0.05) is 0 Å². The molecule has 3 fully saturated rings. The van der Waals surface area contributed by atoms with E-state index in [4.69, 9.17) is 4.74 Å². The third-order valence-corrected chi connectivity index (χ3v) is 6.58. The van der Waals surface area contributed by atoms with Crippen molar-refractivity contribution in [2.45, 2.75) is 43.7 Å². The minimum absolute atomic E-state index is 0. The predicted molar refractivity (Wildman–Crippen MR) is 128 cm³/mol. The van der Waals surface area contributed by atoms with Crippen molar-refractivity contribution in [1.82, 2.24) is 20.5 Å². The van der Waals surface area contributed by atoms with E-state index in [1.54, 1.807) is 12.3 Å². The lowest BCUT2D eigenvalue weighted by molar-refractivity contribution is -0.0164. The Morgan fingerprint density at radius 1 is 1.30 bits per heavy atom. The van der Waals surface area contributed by atoms with Crippen LogP contribution in [0.25, 0.3) is 0 Å². The molecule has 2 N–H and O–H groups in total. The first kappa shape index (κ1) is 23.5. The van der Waals surface area contributed by atoms with Crippen molar-refractivity contribution in [3.8, 4) is 0 Å². The molecular weight excluding hydrogens is 498 g/mol. The molecule has 0 spiro atoms. The quantitative estimate of drug-likeness (QED) is 0.345. The molecule has 1 aromatic heterocycles. The number of aliphatic imine (C=N–C) groups is 1. The van der Waals surface area contributed by atoms with Crippen LogP contribution in [0, 0.1) is 5.82 Å². The molecular formula is C21H34FIN6O. The molecule has 3 saturated heterocycles. The number of anilines is 1. The second kappa shape index (κ2) is 10.9. The highest BCUT2D eigenvalue weighted by molar-refractivity contribution is 14.0. The molecule has 4 rings (SSSR count). The summed E-state index contributed by atoms with van der Waals surface area (Å²) in [5.74, 6) is 1.00. The number of halogens is 2. The number of nitrogens with one attached hydrogen (secondary N) is 2. The lowest BCUT2D eigenvalue weighted by Crippen LogP contribution is -2.59. The Labute approximate surface area is 195 Å². The summed E-state index contributed by atoms with van der Waals surface area (Å²) >= 11 is 0. The van der Waals surface area contributed by atoms with E-state index >= 15 is 0 Å². The molecule has 0 aliphatic carbocycles. The highest BCUT2D eigenvalue weighted by Crippen LogP contribution is 2.30. The van der Waals surface area contributed by atoms with Crippen molar-refractivity contribution in [2.75, 3.05) is 57.9 Å². The van der Waals surface area contributed by atoms with Crippen LogP contribution in [0.5, 0.6) is 0 Å². The van der Waals surface area contributed by atoms with E-state index < -0.39 is 0 Å². The van der Waals surface area contributed by atoms with Crippen LogP contribution in [0.4, 0.5) is 10.2 Å².